The molecule has 5 nitrogen and oxygen atoms in total. The molecule has 0 unspecified atom stereocenters. The van der Waals surface area contributed by atoms with Crippen LogP contribution in [0.25, 0.3) is 0 Å². The summed E-state index contributed by atoms with van der Waals surface area (Å²) >= 11 is 0. The van der Waals surface area contributed by atoms with Crippen molar-refractivity contribution in [1.82, 2.24) is 14.7 Å². The summed E-state index contributed by atoms with van der Waals surface area (Å²) in [6, 6.07) is 6.72. The zero-order valence-electron chi connectivity index (χ0n) is 12.0. The minimum absolute atomic E-state index is 0.184. The first-order chi connectivity index (χ1) is 10.2. The molecule has 3 rings (SSSR count). The van der Waals surface area contributed by atoms with Crippen LogP contribution in [-0.2, 0) is 6.54 Å². The molecule has 0 radical (unpaired) electrons. The van der Waals surface area contributed by atoms with E-state index in [-0.39, 0.29) is 5.82 Å². The normalized spacial score (nSPS) is 16.3. The number of hydrogen-bond acceptors (Lipinski definition) is 4. The lowest BCUT2D eigenvalue weighted by molar-refractivity contribution is 0.244. The average molecular weight is 289 g/mol. The van der Waals surface area contributed by atoms with E-state index in [4.69, 9.17) is 5.73 Å². The van der Waals surface area contributed by atoms with Gasteiger partial charge in [-0.3, -0.25) is 9.58 Å². The van der Waals surface area contributed by atoms with E-state index in [1.807, 2.05) is 23.0 Å². The first kappa shape index (κ1) is 13.9. The topological polar surface area (TPSA) is 50.3 Å². The van der Waals surface area contributed by atoms with E-state index in [1.54, 1.807) is 6.20 Å². The smallest absolute Gasteiger partial charge is 0.123 e. The zero-order chi connectivity index (χ0) is 14.7. The molecule has 112 valence electrons. The van der Waals surface area contributed by atoms with E-state index in [0.717, 1.165) is 45.0 Å². The summed E-state index contributed by atoms with van der Waals surface area (Å²) in [5.74, 6) is -0.184. The number of anilines is 2. The van der Waals surface area contributed by atoms with Crippen molar-refractivity contribution in [2.45, 2.75) is 6.54 Å². The maximum Gasteiger partial charge on any atom is 0.123 e. The number of aromatic nitrogens is 2. The van der Waals surface area contributed by atoms with E-state index in [9.17, 15) is 4.39 Å². The van der Waals surface area contributed by atoms with Crippen LogP contribution in [0.3, 0.4) is 0 Å². The van der Waals surface area contributed by atoms with Crippen LogP contribution in [0.4, 0.5) is 15.8 Å². The molecular weight excluding hydrogens is 269 g/mol. The Morgan fingerprint density at radius 2 is 1.76 bits per heavy atom. The van der Waals surface area contributed by atoms with Gasteiger partial charge in [-0.25, -0.2) is 4.39 Å². The van der Waals surface area contributed by atoms with E-state index in [0.29, 0.717) is 5.69 Å². The van der Waals surface area contributed by atoms with Crippen molar-refractivity contribution in [3.8, 4) is 0 Å². The Kier molecular flexibility index (Phi) is 4.06. The van der Waals surface area contributed by atoms with E-state index in [1.165, 1.54) is 12.1 Å². The molecule has 1 fully saturated rings. The summed E-state index contributed by atoms with van der Waals surface area (Å²) in [4.78, 5) is 4.71. The number of piperazine rings is 1. The van der Waals surface area contributed by atoms with Gasteiger partial charge in [0.25, 0.3) is 0 Å². The third-order valence-corrected chi connectivity index (χ3v) is 3.86. The Labute approximate surface area is 123 Å². The van der Waals surface area contributed by atoms with Crippen LogP contribution in [0.2, 0.25) is 0 Å². The maximum atomic E-state index is 12.9. The molecule has 1 saturated heterocycles. The van der Waals surface area contributed by atoms with Crippen LogP contribution in [0, 0.1) is 5.82 Å². The standard InChI is InChI=1S/C15H20FN5/c16-13-1-3-15(4-2-13)20-8-5-19(6-9-20)7-10-21-12-14(17)11-18-21/h1-4,11-12H,5-10,17H2. The highest BCUT2D eigenvalue weighted by Gasteiger charge is 2.17. The molecule has 0 amide bonds. The van der Waals surface area contributed by atoms with Gasteiger partial charge < -0.3 is 10.6 Å². The number of hydrogen-bond donors (Lipinski definition) is 1. The van der Waals surface area contributed by atoms with Gasteiger partial charge in [0.1, 0.15) is 5.82 Å². The fraction of sp³-hybridized carbons (Fsp3) is 0.400. The van der Waals surface area contributed by atoms with Gasteiger partial charge in [0.05, 0.1) is 18.4 Å². The van der Waals surface area contributed by atoms with Gasteiger partial charge in [-0.05, 0) is 24.3 Å². The fourth-order valence-electron chi connectivity index (χ4n) is 2.63. The molecule has 21 heavy (non-hydrogen) atoms. The summed E-state index contributed by atoms with van der Waals surface area (Å²) in [6.07, 6.45) is 3.53. The van der Waals surface area contributed by atoms with Crippen molar-refractivity contribution in [3.05, 3.63) is 42.5 Å². The number of benzene rings is 1. The summed E-state index contributed by atoms with van der Waals surface area (Å²) in [5, 5.41) is 4.19. The first-order valence-electron chi connectivity index (χ1n) is 7.21. The van der Waals surface area contributed by atoms with Crippen LogP contribution < -0.4 is 10.6 Å². The number of nitrogen functional groups attached to an aromatic ring is 1. The SMILES string of the molecule is Nc1cnn(CCN2CCN(c3ccc(F)cc3)CC2)c1. The molecule has 0 bridgehead atoms. The molecule has 2 heterocycles. The molecule has 2 N–H and O–H groups in total. The highest BCUT2D eigenvalue weighted by molar-refractivity contribution is 5.46. The van der Waals surface area contributed by atoms with E-state index >= 15 is 0 Å². The number of halogens is 1. The number of rotatable bonds is 4. The lowest BCUT2D eigenvalue weighted by Gasteiger charge is -2.36. The second kappa shape index (κ2) is 6.13. The Hall–Kier alpha value is -2.08. The van der Waals surface area contributed by atoms with Gasteiger partial charge in [-0.2, -0.15) is 5.10 Å². The Morgan fingerprint density at radius 3 is 2.38 bits per heavy atom. The monoisotopic (exact) mass is 289 g/mol. The van der Waals surface area contributed by atoms with Gasteiger partial charge in [0.15, 0.2) is 0 Å². The predicted molar refractivity (Wildman–Crippen MR) is 81.7 cm³/mol. The summed E-state index contributed by atoms with van der Waals surface area (Å²) in [7, 11) is 0. The molecule has 0 saturated carbocycles. The average Bonchev–Trinajstić information content (AvgIpc) is 2.92. The number of nitrogens with zero attached hydrogens (tertiary/aromatic N) is 4. The van der Waals surface area contributed by atoms with Gasteiger partial charge in [-0.1, -0.05) is 0 Å². The molecule has 6 heteroatoms. The van der Waals surface area contributed by atoms with Crippen LogP contribution in [0.5, 0.6) is 0 Å². The van der Waals surface area contributed by atoms with Gasteiger partial charge in [0.2, 0.25) is 0 Å². The second-order valence-electron chi connectivity index (χ2n) is 5.34. The van der Waals surface area contributed by atoms with E-state index < -0.39 is 0 Å². The third-order valence-electron chi connectivity index (χ3n) is 3.86. The lowest BCUT2D eigenvalue weighted by Crippen LogP contribution is -2.47. The molecule has 0 spiro atoms. The van der Waals surface area contributed by atoms with Crippen molar-refractivity contribution in [1.29, 1.82) is 0 Å². The van der Waals surface area contributed by atoms with Crippen LogP contribution in [-0.4, -0.2) is 47.4 Å². The quantitative estimate of drug-likeness (QED) is 0.925. The van der Waals surface area contributed by atoms with Crippen molar-refractivity contribution < 1.29 is 4.39 Å². The van der Waals surface area contributed by atoms with Crippen LogP contribution >= 0.6 is 0 Å². The van der Waals surface area contributed by atoms with Crippen molar-refractivity contribution in [2.24, 2.45) is 0 Å². The van der Waals surface area contributed by atoms with Crippen LogP contribution in [0.1, 0.15) is 0 Å². The summed E-state index contributed by atoms with van der Waals surface area (Å²) in [6.45, 7) is 5.77. The minimum atomic E-state index is -0.184. The highest BCUT2D eigenvalue weighted by atomic mass is 19.1. The van der Waals surface area contributed by atoms with Crippen LogP contribution in [0.15, 0.2) is 36.7 Å². The molecule has 0 aliphatic carbocycles. The van der Waals surface area contributed by atoms with Gasteiger partial charge in [0, 0.05) is 44.6 Å². The zero-order valence-corrected chi connectivity index (χ0v) is 12.0. The first-order valence-corrected chi connectivity index (χ1v) is 7.21. The van der Waals surface area contributed by atoms with Gasteiger partial charge in [-0.15, -0.1) is 0 Å². The van der Waals surface area contributed by atoms with E-state index in [2.05, 4.69) is 14.9 Å². The summed E-state index contributed by atoms with van der Waals surface area (Å²) in [5.41, 5.74) is 7.45. The van der Waals surface area contributed by atoms with Crippen molar-refractivity contribution in [2.75, 3.05) is 43.4 Å². The largest absolute Gasteiger partial charge is 0.396 e. The molecular formula is C15H20FN5. The Balaban J connectivity index is 1.47. The Bertz CT molecular complexity index is 572. The molecule has 1 aliphatic heterocycles. The summed E-state index contributed by atoms with van der Waals surface area (Å²) < 4.78 is 14.8. The minimum Gasteiger partial charge on any atom is -0.396 e. The molecule has 2 aromatic rings. The second-order valence-corrected chi connectivity index (χ2v) is 5.34. The molecule has 1 aromatic heterocycles. The fourth-order valence-corrected chi connectivity index (χ4v) is 2.63. The molecule has 1 aromatic carbocycles. The predicted octanol–water partition coefficient (Wildman–Crippen LogP) is 1.43. The van der Waals surface area contributed by atoms with Crippen molar-refractivity contribution >= 4 is 11.4 Å². The lowest BCUT2D eigenvalue weighted by atomic mass is 10.2. The number of nitrogens with two attached hydrogens (primary N) is 1. The third kappa shape index (κ3) is 3.52. The molecule has 0 atom stereocenters. The maximum absolute atomic E-state index is 12.9. The highest BCUT2D eigenvalue weighted by Crippen LogP contribution is 2.16. The van der Waals surface area contributed by atoms with Crippen molar-refractivity contribution in [3.63, 3.8) is 0 Å². The molecule has 1 aliphatic rings. The van der Waals surface area contributed by atoms with Gasteiger partial charge >= 0.3 is 0 Å². The Morgan fingerprint density at radius 1 is 1.05 bits per heavy atom.